The largest absolute Gasteiger partial charge is 0.490 e. The number of hydrogen-bond donors (Lipinski definition) is 0. The summed E-state index contributed by atoms with van der Waals surface area (Å²) in [5.74, 6) is -44.3. The summed E-state index contributed by atoms with van der Waals surface area (Å²) in [6, 6.07) is 1.66. The van der Waals surface area contributed by atoms with E-state index in [1.807, 2.05) is 27.7 Å². The molecular weight excluding hydrogens is 928 g/mol. The number of unbranched alkanes of at least 4 members (excludes halogenated alkanes) is 1. The molecule has 1 rings (SSSR count). The van der Waals surface area contributed by atoms with Gasteiger partial charge in [0.2, 0.25) is 0 Å². The molecule has 27 heteroatoms. The number of esters is 1. The van der Waals surface area contributed by atoms with Gasteiger partial charge in [-0.3, -0.25) is 14.9 Å². The molecule has 0 aliphatic carbocycles. The van der Waals surface area contributed by atoms with Crippen LogP contribution in [0.1, 0.15) is 98.2 Å². The molecular formula is C36H47F18NO7Si. The number of nitro benzene ring substituents is 1. The zero-order valence-corrected chi connectivity index (χ0v) is 35.6. The predicted octanol–water partition coefficient (Wildman–Crippen LogP) is 13.7. The first-order valence-corrected chi connectivity index (χ1v) is 21.2. The molecule has 0 fully saturated rings. The van der Waals surface area contributed by atoms with Gasteiger partial charge in [-0.05, 0) is 48.4 Å². The van der Waals surface area contributed by atoms with Crippen molar-refractivity contribution < 1.29 is 107 Å². The van der Waals surface area contributed by atoms with Gasteiger partial charge in [0, 0.05) is 26.4 Å². The minimum absolute atomic E-state index is 0.197. The minimum Gasteiger partial charge on any atom is -0.490 e. The number of benzene rings is 1. The Morgan fingerprint density at radius 1 is 0.635 bits per heavy atom. The summed E-state index contributed by atoms with van der Waals surface area (Å²) >= 11 is 0. The number of alkyl halides is 18. The van der Waals surface area contributed by atoms with Gasteiger partial charge in [-0.15, -0.1) is 0 Å². The molecule has 0 N–H and O–H groups in total. The number of rotatable bonds is 26. The molecule has 0 aromatic heterocycles. The molecule has 1 aromatic rings. The number of halogens is 18. The molecule has 0 saturated heterocycles. The Morgan fingerprint density at radius 2 is 1.03 bits per heavy atom. The molecule has 0 radical (unpaired) electrons. The van der Waals surface area contributed by atoms with Crippen molar-refractivity contribution in [1.29, 1.82) is 0 Å². The predicted molar refractivity (Wildman–Crippen MR) is 190 cm³/mol. The second-order valence-corrected chi connectivity index (χ2v) is 20.7. The monoisotopic (exact) mass is 975 g/mol. The van der Waals surface area contributed by atoms with E-state index in [0.717, 1.165) is 0 Å². The SMILES string of the molecule is CO[Si](CCCCC(=O)OC(c1cc(OCCCC(F)(F)C(F)(F)C(F)(F)C(F)(F)F)c(OCCCC(F)(F)C(F)(F)C(F)(F)C(F)(F)F)cc1[N+](=O)[O-])C(C)C)(C(C)C)C(C)C. The Labute approximate surface area is 350 Å². The first-order chi connectivity index (χ1) is 28.2. The van der Waals surface area contributed by atoms with E-state index in [1.54, 1.807) is 7.11 Å². The molecule has 1 aromatic carbocycles. The third-order valence-electron chi connectivity index (χ3n) is 10.2. The van der Waals surface area contributed by atoms with Crippen LogP contribution >= 0.6 is 0 Å². The summed E-state index contributed by atoms with van der Waals surface area (Å²) in [7, 11) is -0.685. The lowest BCUT2D eigenvalue weighted by Crippen LogP contribution is -2.60. The van der Waals surface area contributed by atoms with Gasteiger partial charge in [-0.2, -0.15) is 79.0 Å². The molecule has 0 aliphatic rings. The van der Waals surface area contributed by atoms with Crippen LogP contribution in [0.15, 0.2) is 12.1 Å². The Kier molecular flexibility index (Phi) is 19.1. The number of nitrogens with zero attached hydrogens (tertiary/aromatic N) is 1. The number of hydrogen-bond acceptors (Lipinski definition) is 7. The van der Waals surface area contributed by atoms with Crippen molar-refractivity contribution in [1.82, 2.24) is 0 Å². The van der Waals surface area contributed by atoms with Gasteiger partial charge in [0.15, 0.2) is 19.8 Å². The molecule has 0 heterocycles. The third kappa shape index (κ3) is 12.7. The van der Waals surface area contributed by atoms with Crippen LogP contribution in [0.3, 0.4) is 0 Å². The Hall–Kier alpha value is -3.39. The summed E-state index contributed by atoms with van der Waals surface area (Å²) in [5.41, 5.74) is -1.21. The highest BCUT2D eigenvalue weighted by Crippen LogP contribution is 2.56. The Morgan fingerprint density at radius 3 is 1.37 bits per heavy atom. The van der Waals surface area contributed by atoms with Gasteiger partial charge in [0.25, 0.3) is 5.69 Å². The number of nitro groups is 1. The highest BCUT2D eigenvalue weighted by Gasteiger charge is 2.82. The summed E-state index contributed by atoms with van der Waals surface area (Å²) in [5, 5.41) is 12.2. The fourth-order valence-corrected chi connectivity index (χ4v) is 10.9. The Balaban J connectivity index is 3.57. The lowest BCUT2D eigenvalue weighted by atomic mass is 9.96. The fourth-order valence-electron chi connectivity index (χ4n) is 6.51. The van der Waals surface area contributed by atoms with Crippen LogP contribution in [0.4, 0.5) is 84.7 Å². The van der Waals surface area contributed by atoms with Gasteiger partial charge in [0.05, 0.1) is 29.8 Å². The molecule has 0 bridgehead atoms. The molecule has 0 saturated carbocycles. The summed E-state index contributed by atoms with van der Waals surface area (Å²) in [6.07, 6.45) is -23.2. The zero-order chi connectivity index (χ0) is 49.6. The molecule has 0 spiro atoms. The van der Waals surface area contributed by atoms with E-state index in [-0.39, 0.29) is 23.9 Å². The van der Waals surface area contributed by atoms with Gasteiger partial charge in [-0.25, -0.2) is 0 Å². The van der Waals surface area contributed by atoms with E-state index in [4.69, 9.17) is 18.6 Å². The highest BCUT2D eigenvalue weighted by molar-refractivity contribution is 6.76. The van der Waals surface area contributed by atoms with E-state index in [1.165, 1.54) is 13.8 Å². The van der Waals surface area contributed by atoms with Crippen LogP contribution < -0.4 is 9.47 Å². The van der Waals surface area contributed by atoms with Crippen molar-refractivity contribution in [2.75, 3.05) is 20.3 Å². The van der Waals surface area contributed by atoms with Gasteiger partial charge in [0.1, 0.15) is 6.10 Å². The first kappa shape index (κ1) is 57.6. The van der Waals surface area contributed by atoms with Crippen LogP contribution in [0.5, 0.6) is 11.5 Å². The lowest BCUT2D eigenvalue weighted by Gasteiger charge is -2.37. The summed E-state index contributed by atoms with van der Waals surface area (Å²) < 4.78 is 262. The quantitative estimate of drug-likeness (QED) is 0.0228. The van der Waals surface area contributed by atoms with Gasteiger partial charge < -0.3 is 18.6 Å². The van der Waals surface area contributed by atoms with Gasteiger partial charge in [-0.1, -0.05) is 48.0 Å². The van der Waals surface area contributed by atoms with Crippen LogP contribution in [0.25, 0.3) is 0 Å². The second-order valence-electron chi connectivity index (χ2n) is 15.6. The number of carbonyl (C=O) groups is 1. The average molecular weight is 976 g/mol. The second kappa shape index (κ2) is 20.8. The van der Waals surface area contributed by atoms with Crippen LogP contribution in [0.2, 0.25) is 17.1 Å². The van der Waals surface area contributed by atoms with Crippen molar-refractivity contribution in [3.63, 3.8) is 0 Å². The van der Waals surface area contributed by atoms with E-state index in [2.05, 4.69) is 0 Å². The van der Waals surface area contributed by atoms with E-state index < -0.39 is 141 Å². The third-order valence-corrected chi connectivity index (χ3v) is 16.0. The average Bonchev–Trinajstić information content (AvgIpc) is 3.12. The minimum atomic E-state index is -7.24. The van der Waals surface area contributed by atoms with Crippen molar-refractivity contribution in [2.45, 2.75) is 158 Å². The molecule has 0 aliphatic heterocycles. The molecule has 63 heavy (non-hydrogen) atoms. The topological polar surface area (TPSA) is 97.1 Å². The highest BCUT2D eigenvalue weighted by atomic mass is 28.4. The normalized spacial score (nSPS) is 14.7. The molecule has 1 atom stereocenters. The van der Waals surface area contributed by atoms with E-state index >= 15 is 0 Å². The molecule has 0 amide bonds. The van der Waals surface area contributed by atoms with Crippen molar-refractivity contribution in [2.24, 2.45) is 5.92 Å². The molecule has 368 valence electrons. The lowest BCUT2D eigenvalue weighted by molar-refractivity contribution is -0.396. The maximum absolute atomic E-state index is 14.2. The Bertz CT molecular complexity index is 1660. The zero-order valence-electron chi connectivity index (χ0n) is 34.6. The number of carbonyl (C=O) groups excluding carboxylic acids is 1. The molecule has 8 nitrogen and oxygen atoms in total. The number of ether oxygens (including phenoxy) is 3. The van der Waals surface area contributed by atoms with Crippen LogP contribution in [0, 0.1) is 16.0 Å². The van der Waals surface area contributed by atoms with Crippen molar-refractivity contribution in [3.8, 4) is 11.5 Å². The van der Waals surface area contributed by atoms with Crippen LogP contribution in [-0.4, -0.2) is 87.4 Å². The van der Waals surface area contributed by atoms with Crippen molar-refractivity contribution in [3.05, 3.63) is 27.8 Å². The van der Waals surface area contributed by atoms with Crippen LogP contribution in [-0.2, 0) is 14.0 Å². The summed E-state index contributed by atoms with van der Waals surface area (Å²) in [6.45, 7) is 8.06. The standard InChI is InChI=1S/C36H47F18NO7Si/c1-20(2)28(62-27(56)12-8-9-17-63(59-7,21(3)4)22(5)6)23-18-25(60-15-10-13-29(37,38)31(41,42)33(45,46)35(49,50)51)26(19-24(23)55(57)58)61-16-11-14-30(39,40)32(43,44)34(47,48)36(52,53)54/h18-22,28H,8-17H2,1-7H3. The maximum atomic E-state index is 14.2. The van der Waals surface area contributed by atoms with E-state index in [9.17, 15) is 93.9 Å². The first-order valence-electron chi connectivity index (χ1n) is 19.0. The molecule has 1 unspecified atom stereocenters. The van der Waals surface area contributed by atoms with Crippen molar-refractivity contribution >= 4 is 20.0 Å². The summed E-state index contributed by atoms with van der Waals surface area (Å²) in [4.78, 5) is 24.1. The van der Waals surface area contributed by atoms with Gasteiger partial charge >= 0.3 is 53.9 Å². The van der Waals surface area contributed by atoms with E-state index in [0.29, 0.717) is 24.6 Å². The maximum Gasteiger partial charge on any atom is 0.460 e. The fraction of sp³-hybridized carbons (Fsp3) is 0.806. The smallest absolute Gasteiger partial charge is 0.460 e.